The molecule has 2 rings (SSSR count). The second-order valence-corrected chi connectivity index (χ2v) is 6.71. The molecule has 0 aromatic carbocycles. The fraction of sp³-hybridized carbons (Fsp3) is 0.333. The molecule has 0 aliphatic carbocycles. The highest BCUT2D eigenvalue weighted by molar-refractivity contribution is 9.11. The Morgan fingerprint density at radius 3 is 2.89 bits per heavy atom. The maximum absolute atomic E-state index is 6.10. The topological polar surface area (TPSA) is 37.8 Å². The average Bonchev–Trinajstić information content (AvgIpc) is 2.76. The molecule has 0 saturated carbocycles. The summed E-state index contributed by atoms with van der Waals surface area (Å²) in [4.78, 5) is 9.54. The zero-order chi connectivity index (χ0) is 13.0. The Morgan fingerprint density at radius 1 is 1.39 bits per heavy atom. The van der Waals surface area contributed by atoms with Crippen LogP contribution in [-0.2, 0) is 13.0 Å². The third kappa shape index (κ3) is 3.43. The molecule has 2 heterocycles. The highest BCUT2D eigenvalue weighted by atomic mass is 79.9. The van der Waals surface area contributed by atoms with Gasteiger partial charge < -0.3 is 5.32 Å². The zero-order valence-electron chi connectivity index (χ0n) is 9.91. The number of hydrogen-bond acceptors (Lipinski definition) is 4. The lowest BCUT2D eigenvalue weighted by molar-refractivity contribution is 0.898. The molecule has 0 aliphatic rings. The summed E-state index contributed by atoms with van der Waals surface area (Å²) in [7, 11) is 0. The highest BCUT2D eigenvalue weighted by Gasteiger charge is 2.09. The molecule has 0 amide bonds. The van der Waals surface area contributed by atoms with Crippen LogP contribution >= 0.6 is 38.9 Å². The van der Waals surface area contributed by atoms with Gasteiger partial charge >= 0.3 is 0 Å². The van der Waals surface area contributed by atoms with Crippen LogP contribution in [0.15, 0.2) is 22.2 Å². The number of aromatic nitrogens is 2. The Hall–Kier alpha value is -0.650. The fourth-order valence-corrected chi connectivity index (χ4v) is 3.28. The minimum absolute atomic E-state index is 0.543. The van der Waals surface area contributed by atoms with Crippen molar-refractivity contribution in [2.45, 2.75) is 26.3 Å². The van der Waals surface area contributed by atoms with Crippen LogP contribution in [0.1, 0.15) is 23.8 Å². The van der Waals surface area contributed by atoms with Crippen molar-refractivity contribution in [3.05, 3.63) is 37.8 Å². The van der Waals surface area contributed by atoms with Crippen molar-refractivity contribution in [2.24, 2.45) is 0 Å². The summed E-state index contributed by atoms with van der Waals surface area (Å²) in [5, 5.41) is 3.87. The Labute approximate surface area is 124 Å². The first-order chi connectivity index (χ1) is 8.70. The SMILES string of the molecule is CCCc1c(Cl)ncnc1NCc1ccc(Br)s1. The molecule has 18 heavy (non-hydrogen) atoms. The van der Waals surface area contributed by atoms with Crippen LogP contribution in [0.25, 0.3) is 0 Å². The Kier molecular flexibility index (Phi) is 4.97. The Bertz CT molecular complexity index is 530. The van der Waals surface area contributed by atoms with Crippen molar-refractivity contribution in [3.63, 3.8) is 0 Å². The molecule has 1 N–H and O–H groups in total. The van der Waals surface area contributed by atoms with Gasteiger partial charge in [-0.25, -0.2) is 9.97 Å². The molecule has 2 aromatic rings. The van der Waals surface area contributed by atoms with Crippen LogP contribution in [0.4, 0.5) is 5.82 Å². The lowest BCUT2D eigenvalue weighted by Crippen LogP contribution is -2.05. The van der Waals surface area contributed by atoms with E-state index in [1.54, 1.807) is 11.3 Å². The molecular formula is C12H13BrClN3S. The van der Waals surface area contributed by atoms with Gasteiger partial charge in [-0.2, -0.15) is 0 Å². The monoisotopic (exact) mass is 345 g/mol. The lowest BCUT2D eigenvalue weighted by Gasteiger charge is -2.10. The minimum atomic E-state index is 0.543. The van der Waals surface area contributed by atoms with E-state index in [9.17, 15) is 0 Å². The molecule has 6 heteroatoms. The molecule has 0 saturated heterocycles. The van der Waals surface area contributed by atoms with Gasteiger partial charge in [0.05, 0.1) is 10.3 Å². The normalized spacial score (nSPS) is 10.6. The predicted molar refractivity (Wildman–Crippen MR) is 80.4 cm³/mol. The molecular weight excluding hydrogens is 334 g/mol. The van der Waals surface area contributed by atoms with Gasteiger partial charge in [-0.3, -0.25) is 0 Å². The number of rotatable bonds is 5. The summed E-state index contributed by atoms with van der Waals surface area (Å²) in [6.45, 7) is 2.86. The van der Waals surface area contributed by atoms with Gasteiger partial charge in [-0.15, -0.1) is 11.3 Å². The first-order valence-corrected chi connectivity index (χ1v) is 7.67. The number of nitrogens with one attached hydrogen (secondary N) is 1. The van der Waals surface area contributed by atoms with Gasteiger partial charge in [-0.1, -0.05) is 24.9 Å². The van der Waals surface area contributed by atoms with Crippen molar-refractivity contribution >= 4 is 44.7 Å². The second-order valence-electron chi connectivity index (χ2n) is 3.80. The van der Waals surface area contributed by atoms with Crippen molar-refractivity contribution in [1.82, 2.24) is 9.97 Å². The summed E-state index contributed by atoms with van der Waals surface area (Å²) >= 11 is 11.3. The molecule has 0 atom stereocenters. The minimum Gasteiger partial charge on any atom is -0.365 e. The van der Waals surface area contributed by atoms with Crippen molar-refractivity contribution in [2.75, 3.05) is 5.32 Å². The summed E-state index contributed by atoms with van der Waals surface area (Å²) in [5.74, 6) is 0.835. The van der Waals surface area contributed by atoms with Crippen LogP contribution in [0.3, 0.4) is 0 Å². The van der Waals surface area contributed by atoms with E-state index in [1.165, 1.54) is 11.2 Å². The summed E-state index contributed by atoms with van der Waals surface area (Å²) < 4.78 is 1.13. The lowest BCUT2D eigenvalue weighted by atomic mass is 10.2. The zero-order valence-corrected chi connectivity index (χ0v) is 13.1. The van der Waals surface area contributed by atoms with Crippen LogP contribution in [-0.4, -0.2) is 9.97 Å². The Balaban J connectivity index is 2.11. The van der Waals surface area contributed by atoms with Gasteiger partial charge in [0, 0.05) is 10.4 Å². The fourth-order valence-electron chi connectivity index (χ4n) is 1.63. The maximum Gasteiger partial charge on any atom is 0.137 e. The molecule has 0 bridgehead atoms. The smallest absolute Gasteiger partial charge is 0.137 e. The number of thiophene rings is 1. The molecule has 3 nitrogen and oxygen atoms in total. The van der Waals surface area contributed by atoms with Crippen molar-refractivity contribution in [1.29, 1.82) is 0 Å². The third-order valence-corrected chi connectivity index (χ3v) is 4.40. The highest BCUT2D eigenvalue weighted by Crippen LogP contribution is 2.25. The van der Waals surface area contributed by atoms with E-state index in [4.69, 9.17) is 11.6 Å². The summed E-state index contributed by atoms with van der Waals surface area (Å²) in [6, 6.07) is 4.13. The predicted octanol–water partition coefficient (Wildman–Crippen LogP) is 4.52. The van der Waals surface area contributed by atoms with E-state index in [0.29, 0.717) is 5.15 Å². The summed E-state index contributed by atoms with van der Waals surface area (Å²) in [5.41, 5.74) is 0.997. The van der Waals surface area contributed by atoms with Crippen LogP contribution < -0.4 is 5.32 Å². The van der Waals surface area contributed by atoms with Gasteiger partial charge in [0.2, 0.25) is 0 Å². The molecule has 2 aromatic heterocycles. The average molecular weight is 347 g/mol. The first kappa shape index (κ1) is 13.8. The molecule has 0 aliphatic heterocycles. The van der Waals surface area contributed by atoms with Crippen molar-refractivity contribution in [3.8, 4) is 0 Å². The summed E-state index contributed by atoms with van der Waals surface area (Å²) in [6.07, 6.45) is 3.40. The van der Waals surface area contributed by atoms with Crippen LogP contribution in [0, 0.1) is 0 Å². The van der Waals surface area contributed by atoms with Gasteiger partial charge in [0.1, 0.15) is 17.3 Å². The van der Waals surface area contributed by atoms with E-state index in [-0.39, 0.29) is 0 Å². The first-order valence-electron chi connectivity index (χ1n) is 5.68. The van der Waals surface area contributed by atoms with Gasteiger partial charge in [0.25, 0.3) is 0 Å². The molecule has 0 radical (unpaired) electrons. The van der Waals surface area contributed by atoms with E-state index >= 15 is 0 Å². The van der Waals surface area contributed by atoms with E-state index in [0.717, 1.165) is 34.6 Å². The van der Waals surface area contributed by atoms with Crippen LogP contribution in [0.2, 0.25) is 5.15 Å². The number of hydrogen-bond donors (Lipinski definition) is 1. The second kappa shape index (κ2) is 6.50. The largest absolute Gasteiger partial charge is 0.365 e. The quantitative estimate of drug-likeness (QED) is 0.809. The molecule has 0 spiro atoms. The Morgan fingerprint density at radius 2 is 2.22 bits per heavy atom. The number of anilines is 1. The number of halogens is 2. The van der Waals surface area contributed by atoms with E-state index < -0.39 is 0 Å². The molecule has 0 fully saturated rings. The standard InChI is InChI=1S/C12H13BrClN3S/c1-2-3-9-11(14)16-7-17-12(9)15-6-8-4-5-10(13)18-8/h4-5,7H,2-3,6H2,1H3,(H,15,16,17). The van der Waals surface area contributed by atoms with E-state index in [2.05, 4.69) is 44.2 Å². The molecule has 0 unspecified atom stereocenters. The number of nitrogens with zero attached hydrogens (tertiary/aromatic N) is 2. The third-order valence-electron chi connectivity index (χ3n) is 2.45. The van der Waals surface area contributed by atoms with Gasteiger partial charge in [0.15, 0.2) is 0 Å². The molecule has 96 valence electrons. The maximum atomic E-state index is 6.10. The van der Waals surface area contributed by atoms with Crippen molar-refractivity contribution < 1.29 is 0 Å². The van der Waals surface area contributed by atoms with Gasteiger partial charge in [-0.05, 0) is 34.5 Å². The van der Waals surface area contributed by atoms with E-state index in [1.807, 2.05) is 6.07 Å². The van der Waals surface area contributed by atoms with Crippen LogP contribution in [0.5, 0.6) is 0 Å².